The Bertz CT molecular complexity index is 233. The van der Waals surface area contributed by atoms with Crippen molar-refractivity contribution in [2.45, 2.75) is 32.2 Å². The summed E-state index contributed by atoms with van der Waals surface area (Å²) in [4.78, 5) is 13.3. The van der Waals surface area contributed by atoms with Gasteiger partial charge in [-0.3, -0.25) is 9.69 Å². The third-order valence-electron chi connectivity index (χ3n) is 3.69. The second kappa shape index (κ2) is 6.21. The summed E-state index contributed by atoms with van der Waals surface area (Å²) >= 11 is 0. The number of rotatable bonds is 4. The second-order valence-electron chi connectivity index (χ2n) is 4.97. The maximum Gasteiger partial charge on any atom is 0.319 e. The van der Waals surface area contributed by atoms with Gasteiger partial charge in [0.25, 0.3) is 0 Å². The summed E-state index contributed by atoms with van der Waals surface area (Å²) in [5.41, 5.74) is 5.80. The monoisotopic (exact) mass is 228 g/mol. The molecule has 3 unspecified atom stereocenters. The van der Waals surface area contributed by atoms with Crippen molar-refractivity contribution >= 4 is 5.97 Å². The molecule has 0 bridgehead atoms. The molecular formula is C12H24N2O2. The van der Waals surface area contributed by atoms with Gasteiger partial charge >= 0.3 is 5.97 Å². The zero-order valence-corrected chi connectivity index (χ0v) is 10.6. The minimum Gasteiger partial charge on any atom is -0.468 e. The average Bonchev–Trinajstić information content (AvgIpc) is 2.28. The summed E-state index contributed by atoms with van der Waals surface area (Å²) in [6.45, 7) is 3.35. The van der Waals surface area contributed by atoms with E-state index in [-0.39, 0.29) is 5.97 Å². The van der Waals surface area contributed by atoms with E-state index in [1.807, 2.05) is 7.05 Å². The van der Waals surface area contributed by atoms with Crippen LogP contribution in [0.4, 0.5) is 0 Å². The minimum atomic E-state index is -0.170. The number of methoxy groups -OCH3 is 1. The van der Waals surface area contributed by atoms with Gasteiger partial charge in [-0.15, -0.1) is 0 Å². The third kappa shape index (κ3) is 3.46. The molecule has 0 spiro atoms. The fraction of sp³-hybridized carbons (Fsp3) is 0.917. The van der Waals surface area contributed by atoms with Crippen LogP contribution in [-0.2, 0) is 9.53 Å². The SMILES string of the molecule is COC(=O)CN(C)C1CC(C)CCC1CN. The van der Waals surface area contributed by atoms with Crippen LogP contribution >= 0.6 is 0 Å². The zero-order chi connectivity index (χ0) is 12.1. The van der Waals surface area contributed by atoms with Crippen molar-refractivity contribution in [2.75, 3.05) is 27.2 Å². The van der Waals surface area contributed by atoms with Crippen molar-refractivity contribution in [3.8, 4) is 0 Å². The van der Waals surface area contributed by atoms with Crippen LogP contribution in [0.25, 0.3) is 0 Å². The molecule has 1 saturated carbocycles. The Kier molecular flexibility index (Phi) is 5.22. The van der Waals surface area contributed by atoms with Crippen molar-refractivity contribution < 1.29 is 9.53 Å². The van der Waals surface area contributed by atoms with Gasteiger partial charge in [0.1, 0.15) is 0 Å². The molecule has 3 atom stereocenters. The number of esters is 1. The van der Waals surface area contributed by atoms with E-state index in [2.05, 4.69) is 11.8 Å². The Labute approximate surface area is 98.1 Å². The van der Waals surface area contributed by atoms with Gasteiger partial charge in [0.15, 0.2) is 0 Å². The summed E-state index contributed by atoms with van der Waals surface area (Å²) in [6, 6.07) is 0.424. The van der Waals surface area contributed by atoms with Crippen molar-refractivity contribution in [1.82, 2.24) is 4.90 Å². The molecule has 4 nitrogen and oxygen atoms in total. The summed E-state index contributed by atoms with van der Waals surface area (Å²) < 4.78 is 4.70. The van der Waals surface area contributed by atoms with Gasteiger partial charge in [-0.05, 0) is 38.3 Å². The number of hydrogen-bond acceptors (Lipinski definition) is 4. The minimum absolute atomic E-state index is 0.170. The molecule has 0 aromatic rings. The Morgan fingerprint density at radius 2 is 2.19 bits per heavy atom. The van der Waals surface area contributed by atoms with E-state index >= 15 is 0 Å². The summed E-state index contributed by atoms with van der Waals surface area (Å²) in [7, 11) is 3.42. The largest absolute Gasteiger partial charge is 0.468 e. The maximum absolute atomic E-state index is 11.2. The van der Waals surface area contributed by atoms with Crippen LogP contribution in [0.5, 0.6) is 0 Å². The molecule has 0 aliphatic heterocycles. The highest BCUT2D eigenvalue weighted by atomic mass is 16.5. The Hall–Kier alpha value is -0.610. The van der Waals surface area contributed by atoms with Gasteiger partial charge < -0.3 is 10.5 Å². The lowest BCUT2D eigenvalue weighted by atomic mass is 9.78. The quantitative estimate of drug-likeness (QED) is 0.725. The number of nitrogens with two attached hydrogens (primary N) is 1. The average molecular weight is 228 g/mol. The van der Waals surface area contributed by atoms with Gasteiger partial charge in [-0.1, -0.05) is 13.3 Å². The highest BCUT2D eigenvalue weighted by molar-refractivity contribution is 5.71. The first-order valence-electron chi connectivity index (χ1n) is 6.05. The molecular weight excluding hydrogens is 204 g/mol. The van der Waals surface area contributed by atoms with Crippen LogP contribution in [0.3, 0.4) is 0 Å². The number of hydrogen-bond donors (Lipinski definition) is 1. The lowest BCUT2D eigenvalue weighted by Crippen LogP contribution is -2.46. The fourth-order valence-electron chi connectivity index (χ4n) is 2.61. The number of likely N-dealkylation sites (N-methyl/N-ethyl adjacent to an activating group) is 1. The van der Waals surface area contributed by atoms with Crippen molar-refractivity contribution in [2.24, 2.45) is 17.6 Å². The van der Waals surface area contributed by atoms with Gasteiger partial charge in [0, 0.05) is 6.04 Å². The molecule has 1 rings (SSSR count). The van der Waals surface area contributed by atoms with Gasteiger partial charge in [0.05, 0.1) is 13.7 Å². The van der Waals surface area contributed by atoms with Gasteiger partial charge in [-0.2, -0.15) is 0 Å². The van der Waals surface area contributed by atoms with Crippen LogP contribution in [0.15, 0.2) is 0 Å². The lowest BCUT2D eigenvalue weighted by Gasteiger charge is -2.39. The molecule has 0 radical (unpaired) electrons. The Balaban J connectivity index is 2.55. The summed E-state index contributed by atoms with van der Waals surface area (Å²) in [6.07, 6.45) is 3.56. The molecule has 2 N–H and O–H groups in total. The molecule has 1 fully saturated rings. The molecule has 0 amide bonds. The van der Waals surface area contributed by atoms with Gasteiger partial charge in [0.2, 0.25) is 0 Å². The van der Waals surface area contributed by atoms with Crippen molar-refractivity contribution in [3.05, 3.63) is 0 Å². The molecule has 1 aliphatic rings. The van der Waals surface area contributed by atoms with Crippen LogP contribution in [0.2, 0.25) is 0 Å². The molecule has 0 aromatic heterocycles. The highest BCUT2D eigenvalue weighted by Gasteiger charge is 2.31. The number of carbonyl (C=O) groups excluding carboxylic acids is 1. The molecule has 1 aliphatic carbocycles. The fourth-order valence-corrected chi connectivity index (χ4v) is 2.61. The van der Waals surface area contributed by atoms with Crippen LogP contribution in [0, 0.1) is 11.8 Å². The van der Waals surface area contributed by atoms with Crippen molar-refractivity contribution in [3.63, 3.8) is 0 Å². The molecule has 0 aromatic carbocycles. The van der Waals surface area contributed by atoms with E-state index in [0.717, 1.165) is 12.3 Å². The molecule has 0 heterocycles. The summed E-state index contributed by atoms with van der Waals surface area (Å²) in [5, 5.41) is 0. The van der Waals surface area contributed by atoms with Crippen LogP contribution in [-0.4, -0.2) is 44.2 Å². The zero-order valence-electron chi connectivity index (χ0n) is 10.6. The third-order valence-corrected chi connectivity index (χ3v) is 3.69. The van der Waals surface area contributed by atoms with E-state index in [1.54, 1.807) is 0 Å². The highest BCUT2D eigenvalue weighted by Crippen LogP contribution is 2.30. The summed E-state index contributed by atoms with van der Waals surface area (Å²) in [5.74, 6) is 1.08. The van der Waals surface area contributed by atoms with E-state index < -0.39 is 0 Å². The molecule has 16 heavy (non-hydrogen) atoms. The van der Waals surface area contributed by atoms with E-state index in [4.69, 9.17) is 10.5 Å². The number of nitrogens with zero attached hydrogens (tertiary/aromatic N) is 1. The van der Waals surface area contributed by atoms with Crippen LogP contribution in [0.1, 0.15) is 26.2 Å². The van der Waals surface area contributed by atoms with E-state index in [9.17, 15) is 4.79 Å². The molecule has 94 valence electrons. The Morgan fingerprint density at radius 3 is 2.75 bits per heavy atom. The first-order valence-corrected chi connectivity index (χ1v) is 6.05. The van der Waals surface area contributed by atoms with Crippen molar-refractivity contribution in [1.29, 1.82) is 0 Å². The molecule has 4 heteroatoms. The topological polar surface area (TPSA) is 55.6 Å². The maximum atomic E-state index is 11.2. The predicted molar refractivity (Wildman–Crippen MR) is 64.0 cm³/mol. The Morgan fingerprint density at radius 1 is 1.50 bits per heavy atom. The first-order chi connectivity index (χ1) is 7.58. The number of ether oxygens (including phenoxy) is 1. The van der Waals surface area contributed by atoms with Gasteiger partial charge in [-0.25, -0.2) is 0 Å². The normalized spacial score (nSPS) is 30.4. The first kappa shape index (κ1) is 13.5. The second-order valence-corrected chi connectivity index (χ2v) is 4.97. The smallest absolute Gasteiger partial charge is 0.319 e. The lowest BCUT2D eigenvalue weighted by molar-refractivity contribution is -0.142. The standard InChI is InChI=1S/C12H24N2O2/c1-9-4-5-10(7-13)11(6-9)14(2)8-12(15)16-3/h9-11H,4-8,13H2,1-3H3. The van der Waals surface area contributed by atoms with E-state index in [0.29, 0.717) is 25.0 Å². The number of carbonyl (C=O) groups is 1. The predicted octanol–water partition coefficient (Wildman–Crippen LogP) is 0.855. The van der Waals surface area contributed by atoms with Crippen LogP contribution < -0.4 is 5.73 Å². The molecule has 0 saturated heterocycles. The van der Waals surface area contributed by atoms with E-state index in [1.165, 1.54) is 20.0 Å².